The van der Waals surface area contributed by atoms with E-state index in [0.29, 0.717) is 18.2 Å². The van der Waals surface area contributed by atoms with Gasteiger partial charge in [0.1, 0.15) is 17.5 Å². The van der Waals surface area contributed by atoms with Crippen molar-refractivity contribution < 1.29 is 4.21 Å². The standard InChI is InChI=1S/C11H20N4OS/c1-7(2)11-14-9(12)5-10(15-11)13-6-8(3)17(4)16/h5,7-8H,6H2,1-4H3,(H3,12,13,14,15). The van der Waals surface area contributed by atoms with Crippen LogP contribution in [0, 0.1) is 0 Å². The van der Waals surface area contributed by atoms with Gasteiger partial charge in [-0.05, 0) is 6.92 Å². The molecule has 0 bridgehead atoms. The molecule has 0 radical (unpaired) electrons. The lowest BCUT2D eigenvalue weighted by Gasteiger charge is -2.12. The van der Waals surface area contributed by atoms with E-state index in [9.17, 15) is 4.21 Å². The maximum absolute atomic E-state index is 11.2. The van der Waals surface area contributed by atoms with Gasteiger partial charge in [-0.15, -0.1) is 0 Å². The number of nitrogens with one attached hydrogen (secondary N) is 1. The molecule has 0 aliphatic rings. The van der Waals surface area contributed by atoms with Crippen LogP contribution in [0.25, 0.3) is 0 Å². The molecule has 0 spiro atoms. The molecule has 0 saturated heterocycles. The number of hydrogen-bond acceptors (Lipinski definition) is 5. The Morgan fingerprint density at radius 2 is 2.06 bits per heavy atom. The molecule has 2 unspecified atom stereocenters. The van der Waals surface area contributed by atoms with E-state index in [4.69, 9.17) is 5.73 Å². The van der Waals surface area contributed by atoms with Crippen LogP contribution in [0.1, 0.15) is 32.5 Å². The molecule has 6 heteroatoms. The van der Waals surface area contributed by atoms with Crippen molar-refractivity contribution in [2.75, 3.05) is 23.9 Å². The molecule has 0 amide bonds. The number of nitrogens with two attached hydrogens (primary N) is 1. The Kier molecular flexibility index (Phi) is 4.86. The molecule has 1 aromatic rings. The molecule has 0 aromatic carbocycles. The Bertz CT molecular complexity index is 408. The molecular weight excluding hydrogens is 236 g/mol. The van der Waals surface area contributed by atoms with Gasteiger partial charge in [0.15, 0.2) is 0 Å². The summed E-state index contributed by atoms with van der Waals surface area (Å²) in [6.07, 6.45) is 1.69. The second kappa shape index (κ2) is 5.95. The summed E-state index contributed by atoms with van der Waals surface area (Å²) in [7, 11) is -0.841. The first kappa shape index (κ1) is 13.9. The zero-order chi connectivity index (χ0) is 13.0. The fourth-order valence-corrected chi connectivity index (χ4v) is 1.52. The van der Waals surface area contributed by atoms with E-state index in [2.05, 4.69) is 15.3 Å². The van der Waals surface area contributed by atoms with Gasteiger partial charge in [0.05, 0.1) is 0 Å². The van der Waals surface area contributed by atoms with E-state index >= 15 is 0 Å². The van der Waals surface area contributed by atoms with Gasteiger partial charge < -0.3 is 11.1 Å². The number of nitrogen functional groups attached to an aromatic ring is 1. The lowest BCUT2D eigenvalue weighted by molar-refractivity contribution is 0.678. The number of anilines is 2. The van der Waals surface area contributed by atoms with E-state index < -0.39 is 10.8 Å². The number of nitrogens with zero attached hydrogens (tertiary/aromatic N) is 2. The number of aromatic nitrogens is 2. The zero-order valence-corrected chi connectivity index (χ0v) is 11.5. The third kappa shape index (κ3) is 4.30. The second-order valence-electron chi connectivity index (χ2n) is 4.38. The van der Waals surface area contributed by atoms with Crippen molar-refractivity contribution >= 4 is 22.4 Å². The topological polar surface area (TPSA) is 80.9 Å². The van der Waals surface area contributed by atoms with E-state index in [1.165, 1.54) is 0 Å². The molecule has 0 saturated carbocycles. The zero-order valence-electron chi connectivity index (χ0n) is 10.7. The molecule has 5 nitrogen and oxygen atoms in total. The van der Waals surface area contributed by atoms with E-state index in [-0.39, 0.29) is 11.2 Å². The molecule has 1 aromatic heterocycles. The summed E-state index contributed by atoms with van der Waals surface area (Å²) in [5, 5.41) is 3.22. The Morgan fingerprint density at radius 1 is 1.41 bits per heavy atom. The SMILES string of the molecule is CC(C)c1nc(N)cc(NCC(C)S(C)=O)n1. The average molecular weight is 256 g/mol. The van der Waals surface area contributed by atoms with E-state index in [1.54, 1.807) is 12.3 Å². The van der Waals surface area contributed by atoms with Crippen molar-refractivity contribution in [3.8, 4) is 0 Å². The quantitative estimate of drug-likeness (QED) is 0.831. The molecule has 96 valence electrons. The minimum atomic E-state index is -0.841. The van der Waals surface area contributed by atoms with Crippen LogP contribution in [0.5, 0.6) is 0 Å². The van der Waals surface area contributed by atoms with Crippen LogP contribution in [0.2, 0.25) is 0 Å². The first-order valence-electron chi connectivity index (χ1n) is 5.60. The summed E-state index contributed by atoms with van der Waals surface area (Å²) in [6.45, 7) is 6.57. The van der Waals surface area contributed by atoms with Crippen molar-refractivity contribution in [1.29, 1.82) is 0 Å². The van der Waals surface area contributed by atoms with Gasteiger partial charge in [0.2, 0.25) is 0 Å². The fraction of sp³-hybridized carbons (Fsp3) is 0.636. The molecule has 17 heavy (non-hydrogen) atoms. The Morgan fingerprint density at radius 3 is 2.59 bits per heavy atom. The second-order valence-corrected chi connectivity index (χ2v) is 6.18. The highest BCUT2D eigenvalue weighted by Crippen LogP contribution is 2.15. The molecule has 1 heterocycles. The Labute approximate surface area is 105 Å². The number of rotatable bonds is 5. The highest BCUT2D eigenvalue weighted by molar-refractivity contribution is 7.84. The van der Waals surface area contributed by atoms with Gasteiger partial charge in [0, 0.05) is 40.8 Å². The lowest BCUT2D eigenvalue weighted by Crippen LogP contribution is -2.21. The van der Waals surface area contributed by atoms with Gasteiger partial charge >= 0.3 is 0 Å². The minimum absolute atomic E-state index is 0.0775. The third-order valence-corrected chi connectivity index (χ3v) is 3.72. The van der Waals surface area contributed by atoms with Gasteiger partial charge in [0.25, 0.3) is 0 Å². The lowest BCUT2D eigenvalue weighted by atomic mass is 10.2. The van der Waals surface area contributed by atoms with Crippen LogP contribution >= 0.6 is 0 Å². The summed E-state index contributed by atoms with van der Waals surface area (Å²) in [4.78, 5) is 8.53. The van der Waals surface area contributed by atoms with Crippen LogP contribution in [0.4, 0.5) is 11.6 Å². The van der Waals surface area contributed by atoms with Crippen molar-refractivity contribution in [1.82, 2.24) is 9.97 Å². The van der Waals surface area contributed by atoms with Crippen LogP contribution in [-0.2, 0) is 10.8 Å². The summed E-state index contributed by atoms with van der Waals surface area (Å²) in [6, 6.07) is 1.69. The van der Waals surface area contributed by atoms with Crippen LogP contribution in [0.15, 0.2) is 6.07 Å². The van der Waals surface area contributed by atoms with Crippen molar-refractivity contribution in [2.24, 2.45) is 0 Å². The van der Waals surface area contributed by atoms with E-state index in [0.717, 1.165) is 5.82 Å². The predicted molar refractivity (Wildman–Crippen MR) is 72.6 cm³/mol. The Hall–Kier alpha value is -1.17. The summed E-state index contributed by atoms with van der Waals surface area (Å²) in [5.41, 5.74) is 5.71. The molecule has 3 N–H and O–H groups in total. The van der Waals surface area contributed by atoms with Gasteiger partial charge in [-0.3, -0.25) is 4.21 Å². The third-order valence-electron chi connectivity index (χ3n) is 2.42. The smallest absolute Gasteiger partial charge is 0.135 e. The average Bonchev–Trinajstić information content (AvgIpc) is 2.24. The van der Waals surface area contributed by atoms with Crippen molar-refractivity contribution in [3.05, 3.63) is 11.9 Å². The van der Waals surface area contributed by atoms with Gasteiger partial charge in [-0.1, -0.05) is 13.8 Å². The fourth-order valence-electron chi connectivity index (χ4n) is 1.20. The molecule has 1 rings (SSSR count). The largest absolute Gasteiger partial charge is 0.384 e. The van der Waals surface area contributed by atoms with Crippen molar-refractivity contribution in [3.63, 3.8) is 0 Å². The van der Waals surface area contributed by atoms with Crippen LogP contribution in [0.3, 0.4) is 0 Å². The summed E-state index contributed by atoms with van der Waals surface area (Å²) < 4.78 is 11.2. The Balaban J connectivity index is 2.74. The predicted octanol–water partition coefficient (Wildman–Crippen LogP) is 1.36. The van der Waals surface area contributed by atoms with Crippen LogP contribution < -0.4 is 11.1 Å². The molecule has 2 atom stereocenters. The maximum atomic E-state index is 11.2. The summed E-state index contributed by atoms with van der Waals surface area (Å²) >= 11 is 0. The first-order chi connectivity index (χ1) is 7.90. The van der Waals surface area contributed by atoms with Crippen LogP contribution in [-0.4, -0.2) is 32.2 Å². The van der Waals surface area contributed by atoms with Gasteiger partial charge in [-0.25, -0.2) is 9.97 Å². The summed E-state index contributed by atoms with van der Waals surface area (Å²) in [5.74, 6) is 2.10. The van der Waals surface area contributed by atoms with E-state index in [1.807, 2.05) is 20.8 Å². The maximum Gasteiger partial charge on any atom is 0.135 e. The molecule has 0 aliphatic heterocycles. The molecule has 0 fully saturated rings. The highest BCUT2D eigenvalue weighted by atomic mass is 32.2. The monoisotopic (exact) mass is 256 g/mol. The number of hydrogen-bond donors (Lipinski definition) is 2. The minimum Gasteiger partial charge on any atom is -0.384 e. The highest BCUT2D eigenvalue weighted by Gasteiger charge is 2.09. The first-order valence-corrected chi connectivity index (χ1v) is 7.22. The van der Waals surface area contributed by atoms with Crippen molar-refractivity contribution in [2.45, 2.75) is 31.9 Å². The van der Waals surface area contributed by atoms with Gasteiger partial charge in [-0.2, -0.15) is 0 Å². The molecule has 0 aliphatic carbocycles. The molecular formula is C11H20N4OS. The normalized spacial score (nSPS) is 14.6.